The molecule has 0 radical (unpaired) electrons. The van der Waals surface area contributed by atoms with Crippen LogP contribution < -0.4 is 25.0 Å². The van der Waals surface area contributed by atoms with Crippen molar-refractivity contribution in [3.63, 3.8) is 0 Å². The molecule has 0 saturated carbocycles. The highest BCUT2D eigenvalue weighted by molar-refractivity contribution is 6.09. The standard InChI is InChI=1S/C40H43N3O8/c1-24-35(39(2,3)48)34(20-21-44)51-40(24)32-22-29(42-37(46)27-10-17-31(50-5)18-11-27)14-19-33(32)43(38(40)47)23-25-6-12-28(13-7-25)41-36(45)26-8-15-30(49-4)16-9-26/h6-19,22,24,34-35,44,48H,20-21,23H2,1-5H3,(H,41,45)(H,42,46)/t24-,34+,35-,40+/m1/s1. The van der Waals surface area contributed by atoms with Crippen molar-refractivity contribution < 1.29 is 38.8 Å². The minimum Gasteiger partial charge on any atom is -0.497 e. The SMILES string of the molecule is COc1ccc(C(=O)Nc2ccc(CN3C(=O)[C@@]4(O[C@@H](CCO)[C@H](C(C)(C)O)[C@H]4C)c4cc(NC(=O)c5ccc(OC)cc5)ccc43)cc2)cc1. The van der Waals surface area contributed by atoms with E-state index in [4.69, 9.17) is 14.2 Å². The van der Waals surface area contributed by atoms with Gasteiger partial charge in [-0.3, -0.25) is 14.4 Å². The molecule has 0 bridgehead atoms. The minimum atomic E-state index is -1.48. The Balaban J connectivity index is 1.30. The van der Waals surface area contributed by atoms with Crippen molar-refractivity contribution in [2.24, 2.45) is 11.8 Å². The van der Waals surface area contributed by atoms with E-state index in [1.165, 1.54) is 0 Å². The second-order valence-corrected chi connectivity index (χ2v) is 13.6. The highest BCUT2D eigenvalue weighted by Gasteiger charge is 2.65. The summed E-state index contributed by atoms with van der Waals surface area (Å²) in [5.74, 6) is -0.584. The molecule has 266 valence electrons. The molecule has 1 spiro atoms. The number of rotatable bonds is 11. The third-order valence-corrected chi connectivity index (χ3v) is 9.91. The van der Waals surface area contributed by atoms with Crippen LogP contribution in [-0.4, -0.2) is 60.5 Å². The number of aliphatic hydroxyl groups excluding tert-OH is 1. The summed E-state index contributed by atoms with van der Waals surface area (Å²) in [7, 11) is 3.12. The molecule has 4 aromatic rings. The smallest absolute Gasteiger partial charge is 0.264 e. The highest BCUT2D eigenvalue weighted by Crippen LogP contribution is 2.58. The van der Waals surface area contributed by atoms with Gasteiger partial charge in [0.1, 0.15) is 11.5 Å². The number of nitrogens with zero attached hydrogens (tertiary/aromatic N) is 1. The zero-order valence-electron chi connectivity index (χ0n) is 29.3. The maximum absolute atomic E-state index is 14.7. The third-order valence-electron chi connectivity index (χ3n) is 9.91. The Kier molecular flexibility index (Phi) is 9.90. The molecule has 11 nitrogen and oxygen atoms in total. The lowest BCUT2D eigenvalue weighted by molar-refractivity contribution is -0.146. The molecule has 4 atom stereocenters. The fourth-order valence-corrected chi connectivity index (χ4v) is 7.48. The fraction of sp³-hybridized carbons (Fsp3) is 0.325. The minimum absolute atomic E-state index is 0.176. The van der Waals surface area contributed by atoms with E-state index in [1.807, 2.05) is 19.1 Å². The average Bonchev–Trinajstić information content (AvgIpc) is 3.55. The van der Waals surface area contributed by atoms with E-state index in [-0.39, 0.29) is 37.3 Å². The Labute approximate surface area is 297 Å². The molecule has 4 N–H and O–H groups in total. The zero-order chi connectivity index (χ0) is 36.5. The fourth-order valence-electron chi connectivity index (χ4n) is 7.48. The summed E-state index contributed by atoms with van der Waals surface area (Å²) in [4.78, 5) is 42.5. The number of anilines is 3. The molecule has 0 unspecified atom stereocenters. The number of fused-ring (bicyclic) bond motifs is 2. The zero-order valence-corrected chi connectivity index (χ0v) is 29.3. The molecular formula is C40H43N3O8. The van der Waals surface area contributed by atoms with Crippen LogP contribution in [0.25, 0.3) is 0 Å². The van der Waals surface area contributed by atoms with Gasteiger partial charge in [-0.25, -0.2) is 0 Å². The van der Waals surface area contributed by atoms with E-state index >= 15 is 0 Å². The van der Waals surface area contributed by atoms with Crippen LogP contribution in [0.1, 0.15) is 59.0 Å². The van der Waals surface area contributed by atoms with E-state index in [1.54, 1.807) is 112 Å². The maximum Gasteiger partial charge on any atom is 0.264 e. The summed E-state index contributed by atoms with van der Waals surface area (Å²) in [6.45, 7) is 5.31. The van der Waals surface area contributed by atoms with Crippen LogP contribution in [0, 0.1) is 11.8 Å². The van der Waals surface area contributed by atoms with Crippen LogP contribution in [-0.2, 0) is 21.7 Å². The van der Waals surface area contributed by atoms with Crippen molar-refractivity contribution in [2.75, 3.05) is 36.4 Å². The van der Waals surface area contributed by atoms with Gasteiger partial charge in [0.05, 0.1) is 38.2 Å². The number of carbonyl (C=O) groups is 3. The number of hydrogen-bond acceptors (Lipinski definition) is 8. The molecule has 2 aliphatic rings. The molecule has 51 heavy (non-hydrogen) atoms. The van der Waals surface area contributed by atoms with Crippen molar-refractivity contribution in [2.45, 2.75) is 51.0 Å². The monoisotopic (exact) mass is 693 g/mol. The van der Waals surface area contributed by atoms with Crippen LogP contribution in [0.3, 0.4) is 0 Å². The largest absolute Gasteiger partial charge is 0.497 e. The molecule has 0 aromatic heterocycles. The number of benzene rings is 4. The first kappa shape index (κ1) is 35.6. The van der Waals surface area contributed by atoms with Crippen LogP contribution in [0.5, 0.6) is 11.5 Å². The number of aliphatic hydroxyl groups is 2. The summed E-state index contributed by atoms with van der Waals surface area (Å²) in [6.07, 6.45) is -0.367. The second-order valence-electron chi connectivity index (χ2n) is 13.6. The molecule has 11 heteroatoms. The predicted octanol–water partition coefficient (Wildman–Crippen LogP) is 5.75. The predicted molar refractivity (Wildman–Crippen MR) is 193 cm³/mol. The summed E-state index contributed by atoms with van der Waals surface area (Å²) in [5, 5.41) is 27.1. The first-order valence-electron chi connectivity index (χ1n) is 16.9. The lowest BCUT2D eigenvalue weighted by atomic mass is 9.71. The van der Waals surface area contributed by atoms with Crippen LogP contribution >= 0.6 is 0 Å². The Morgan fingerprint density at radius 1 is 0.843 bits per heavy atom. The quantitative estimate of drug-likeness (QED) is 0.155. The Morgan fingerprint density at radius 3 is 1.88 bits per heavy atom. The molecule has 1 saturated heterocycles. The number of nitrogens with one attached hydrogen (secondary N) is 2. The number of carbonyl (C=O) groups excluding carboxylic acids is 3. The molecule has 2 aliphatic heterocycles. The number of ether oxygens (including phenoxy) is 3. The van der Waals surface area contributed by atoms with Gasteiger partial charge in [-0.2, -0.15) is 0 Å². The average molecular weight is 694 g/mol. The van der Waals surface area contributed by atoms with Gasteiger partial charge >= 0.3 is 0 Å². The van der Waals surface area contributed by atoms with Gasteiger partial charge in [-0.15, -0.1) is 0 Å². The van der Waals surface area contributed by atoms with Crippen molar-refractivity contribution in [1.82, 2.24) is 0 Å². The lowest BCUT2D eigenvalue weighted by Crippen LogP contribution is -2.46. The Hall–Kier alpha value is -5.23. The first-order valence-corrected chi connectivity index (χ1v) is 16.9. The summed E-state index contributed by atoms with van der Waals surface area (Å²) < 4.78 is 17.1. The van der Waals surface area contributed by atoms with Gasteiger partial charge in [0.2, 0.25) is 0 Å². The number of methoxy groups -OCH3 is 2. The van der Waals surface area contributed by atoms with E-state index in [0.29, 0.717) is 45.3 Å². The normalized spacial score (nSPS) is 21.0. The maximum atomic E-state index is 14.7. The van der Waals surface area contributed by atoms with Crippen molar-refractivity contribution in [1.29, 1.82) is 0 Å². The van der Waals surface area contributed by atoms with E-state index in [9.17, 15) is 24.6 Å². The van der Waals surface area contributed by atoms with E-state index in [2.05, 4.69) is 10.6 Å². The van der Waals surface area contributed by atoms with Crippen molar-refractivity contribution >= 4 is 34.8 Å². The Morgan fingerprint density at radius 2 is 1.37 bits per heavy atom. The molecule has 2 heterocycles. The molecule has 1 fully saturated rings. The second kappa shape index (κ2) is 14.2. The summed E-state index contributed by atoms with van der Waals surface area (Å²) in [5.41, 5.74) is 1.28. The van der Waals surface area contributed by atoms with Gasteiger partial charge in [0.15, 0.2) is 5.60 Å². The van der Waals surface area contributed by atoms with Crippen molar-refractivity contribution in [3.8, 4) is 11.5 Å². The third kappa shape index (κ3) is 6.80. The van der Waals surface area contributed by atoms with Gasteiger partial charge < -0.3 is 40.0 Å². The molecule has 0 aliphatic carbocycles. The Bertz CT molecular complexity index is 1900. The van der Waals surface area contributed by atoms with Gasteiger partial charge in [-0.1, -0.05) is 19.1 Å². The van der Waals surface area contributed by atoms with Gasteiger partial charge in [-0.05, 0) is 105 Å². The van der Waals surface area contributed by atoms with Crippen LogP contribution in [0.2, 0.25) is 0 Å². The van der Waals surface area contributed by atoms with E-state index < -0.39 is 29.1 Å². The van der Waals surface area contributed by atoms with Gasteiger partial charge in [0.25, 0.3) is 17.7 Å². The summed E-state index contributed by atoms with van der Waals surface area (Å²) in [6, 6.07) is 26.1. The van der Waals surface area contributed by atoms with Crippen LogP contribution in [0.4, 0.5) is 17.1 Å². The van der Waals surface area contributed by atoms with Gasteiger partial charge in [0, 0.05) is 46.5 Å². The van der Waals surface area contributed by atoms with E-state index in [0.717, 1.165) is 5.56 Å². The first-order chi connectivity index (χ1) is 24.4. The molecular weight excluding hydrogens is 650 g/mol. The number of amides is 3. The van der Waals surface area contributed by atoms with Crippen molar-refractivity contribution in [3.05, 3.63) is 113 Å². The topological polar surface area (TPSA) is 147 Å². The number of hydrogen-bond donors (Lipinski definition) is 4. The molecule has 3 amide bonds. The van der Waals surface area contributed by atoms with Crippen LogP contribution in [0.15, 0.2) is 91.0 Å². The summed E-state index contributed by atoms with van der Waals surface area (Å²) >= 11 is 0. The molecule has 6 rings (SSSR count). The molecule has 4 aromatic carbocycles. The lowest BCUT2D eigenvalue weighted by Gasteiger charge is -2.34. The highest BCUT2D eigenvalue weighted by atomic mass is 16.5.